The summed E-state index contributed by atoms with van der Waals surface area (Å²) in [5.41, 5.74) is 0.00927. The zero-order valence-corrected chi connectivity index (χ0v) is 18.0. The number of rotatable bonds is 4. The third-order valence-corrected chi connectivity index (χ3v) is 6.61. The number of nitrogens with one attached hydrogen (secondary N) is 2. The quantitative estimate of drug-likeness (QED) is 0.433. The zero-order chi connectivity index (χ0) is 22.6. The summed E-state index contributed by atoms with van der Waals surface area (Å²) in [6, 6.07) is 3.14. The van der Waals surface area contributed by atoms with Gasteiger partial charge in [0, 0.05) is 26.4 Å². The molecule has 10 heteroatoms. The minimum Gasteiger partial charge on any atom is -0.453 e. The highest BCUT2D eigenvalue weighted by Gasteiger charge is 2.75. The van der Waals surface area contributed by atoms with Crippen LogP contribution in [-0.4, -0.2) is 61.9 Å². The minimum absolute atomic E-state index is 0.219. The second-order valence-corrected chi connectivity index (χ2v) is 8.20. The van der Waals surface area contributed by atoms with Crippen molar-refractivity contribution < 1.29 is 19.4 Å². The Morgan fingerprint density at radius 1 is 1.31 bits per heavy atom. The smallest absolute Gasteiger partial charge is 0.229 e. The Labute approximate surface area is 184 Å². The molecule has 4 N–H and O–H groups in total. The summed E-state index contributed by atoms with van der Waals surface area (Å²) in [6.45, 7) is 2.00. The number of aliphatic hydroxyl groups is 2. The number of imidazole rings is 1. The van der Waals surface area contributed by atoms with Crippen LogP contribution in [0, 0.1) is 23.2 Å². The lowest BCUT2D eigenvalue weighted by atomic mass is 9.98. The lowest BCUT2D eigenvalue weighted by molar-refractivity contribution is -0.132. The van der Waals surface area contributed by atoms with E-state index in [1.165, 1.54) is 7.05 Å². The molecule has 2 fully saturated rings. The second-order valence-electron chi connectivity index (χ2n) is 8.20. The third kappa shape index (κ3) is 2.82. The van der Waals surface area contributed by atoms with Gasteiger partial charge in [-0.2, -0.15) is 0 Å². The number of carbonyl (C=O) groups excluding carboxylic acids is 1. The van der Waals surface area contributed by atoms with Gasteiger partial charge >= 0.3 is 0 Å². The average Bonchev–Trinajstić information content (AvgIpc) is 3.09. The van der Waals surface area contributed by atoms with Crippen LogP contribution in [0.1, 0.15) is 36.7 Å². The Kier molecular flexibility index (Phi) is 4.69. The molecule has 166 valence electrons. The fourth-order valence-electron chi connectivity index (χ4n) is 4.90. The Bertz CT molecular complexity index is 1270. The number of hydrogen-bond donors (Lipinski definition) is 4. The van der Waals surface area contributed by atoms with Crippen LogP contribution in [0.5, 0.6) is 0 Å². The van der Waals surface area contributed by atoms with E-state index in [4.69, 9.17) is 4.42 Å². The van der Waals surface area contributed by atoms with Crippen LogP contribution in [0.15, 0.2) is 22.9 Å². The Morgan fingerprint density at radius 2 is 2.12 bits per heavy atom. The SMILES string of the molecule is CCc1ccc(C#Cc2nc(NC)c3ncn([C@@H]4C5C[C@@]5(C(=O)NC)[C@@H](O)[C@H]4O)c3n2)o1. The number of carbonyl (C=O) groups is 1. The molecular weight excluding hydrogens is 412 g/mol. The van der Waals surface area contributed by atoms with Gasteiger partial charge in [0.25, 0.3) is 0 Å². The van der Waals surface area contributed by atoms with E-state index in [9.17, 15) is 15.0 Å². The summed E-state index contributed by atoms with van der Waals surface area (Å²) in [4.78, 5) is 25.9. The summed E-state index contributed by atoms with van der Waals surface area (Å²) < 4.78 is 7.34. The topological polar surface area (TPSA) is 138 Å². The Hall–Kier alpha value is -3.42. The fourth-order valence-corrected chi connectivity index (χ4v) is 4.90. The highest BCUT2D eigenvalue weighted by Crippen LogP contribution is 2.67. The molecule has 3 heterocycles. The average molecular weight is 436 g/mol. The number of furan rings is 1. The van der Waals surface area contributed by atoms with Gasteiger partial charge < -0.3 is 29.8 Å². The second kappa shape index (κ2) is 7.32. The summed E-state index contributed by atoms with van der Waals surface area (Å²) in [5, 5.41) is 27.1. The van der Waals surface area contributed by atoms with Crippen molar-refractivity contribution >= 4 is 22.9 Å². The lowest BCUT2D eigenvalue weighted by Gasteiger charge is -2.23. The number of hydrogen-bond acceptors (Lipinski definition) is 8. The number of amides is 1. The molecular formula is C22H24N6O4. The minimum atomic E-state index is -1.16. The number of fused-ring (bicyclic) bond motifs is 2. The molecule has 0 bridgehead atoms. The van der Waals surface area contributed by atoms with Gasteiger partial charge in [0.15, 0.2) is 22.7 Å². The van der Waals surface area contributed by atoms with Gasteiger partial charge in [0.05, 0.1) is 23.9 Å². The highest BCUT2D eigenvalue weighted by atomic mass is 16.3. The third-order valence-electron chi connectivity index (χ3n) is 6.61. The summed E-state index contributed by atoms with van der Waals surface area (Å²) in [5.74, 6) is 7.50. The van der Waals surface area contributed by atoms with E-state index in [1.54, 1.807) is 24.0 Å². The number of aryl methyl sites for hydroxylation is 1. The first-order valence-electron chi connectivity index (χ1n) is 10.6. The first kappa shape index (κ1) is 20.5. The first-order chi connectivity index (χ1) is 15.4. The van der Waals surface area contributed by atoms with Gasteiger partial charge in [-0.25, -0.2) is 15.0 Å². The van der Waals surface area contributed by atoms with E-state index in [0.29, 0.717) is 29.2 Å². The molecule has 10 nitrogen and oxygen atoms in total. The van der Waals surface area contributed by atoms with Crippen molar-refractivity contribution in [1.29, 1.82) is 0 Å². The van der Waals surface area contributed by atoms with E-state index < -0.39 is 23.7 Å². The van der Waals surface area contributed by atoms with Gasteiger partial charge in [-0.05, 0) is 30.4 Å². The van der Waals surface area contributed by atoms with Crippen LogP contribution < -0.4 is 10.6 Å². The molecule has 2 saturated carbocycles. The van der Waals surface area contributed by atoms with Gasteiger partial charge in [-0.15, -0.1) is 0 Å². The maximum absolute atomic E-state index is 12.4. The standard InChI is InChI=1S/C22H24N6O4/c1-4-11-5-6-12(32-11)7-8-14-26-19(23-2)15-20(27-14)28(10-25-15)16-13-9-22(13,21(31)24-3)18(30)17(16)29/h5-6,10,13,16-18,29-30H,4,9H2,1-3H3,(H,24,31)(H,23,26,27)/t13?,16-,17+,18+,22+/m1/s1. The lowest BCUT2D eigenvalue weighted by Crippen LogP contribution is -2.41. The van der Waals surface area contributed by atoms with Crippen LogP contribution in [0.4, 0.5) is 5.82 Å². The Balaban J connectivity index is 1.56. The van der Waals surface area contributed by atoms with Crippen LogP contribution in [0.2, 0.25) is 0 Å². The van der Waals surface area contributed by atoms with Crippen molar-refractivity contribution in [3.05, 3.63) is 35.8 Å². The molecule has 0 aliphatic heterocycles. The van der Waals surface area contributed by atoms with Crippen molar-refractivity contribution in [3.63, 3.8) is 0 Å². The largest absolute Gasteiger partial charge is 0.453 e. The molecule has 5 atom stereocenters. The zero-order valence-electron chi connectivity index (χ0n) is 18.0. The molecule has 3 aromatic rings. The van der Waals surface area contributed by atoms with Crippen LogP contribution >= 0.6 is 0 Å². The maximum atomic E-state index is 12.4. The molecule has 32 heavy (non-hydrogen) atoms. The molecule has 1 amide bonds. The molecule has 1 unspecified atom stereocenters. The summed E-state index contributed by atoms with van der Waals surface area (Å²) in [7, 11) is 3.26. The van der Waals surface area contributed by atoms with Gasteiger partial charge in [0.2, 0.25) is 11.7 Å². The number of aromatic nitrogens is 4. The van der Waals surface area contributed by atoms with E-state index in [2.05, 4.69) is 37.4 Å². The van der Waals surface area contributed by atoms with Gasteiger partial charge in [-0.3, -0.25) is 4.79 Å². The van der Waals surface area contributed by atoms with Crippen LogP contribution in [0.3, 0.4) is 0 Å². The van der Waals surface area contributed by atoms with Crippen molar-refractivity contribution in [1.82, 2.24) is 24.8 Å². The first-order valence-corrected chi connectivity index (χ1v) is 10.6. The molecule has 0 saturated heterocycles. The molecule has 0 spiro atoms. The predicted octanol–water partition coefficient (Wildman–Crippen LogP) is 0.452. The molecule has 2 aliphatic rings. The van der Waals surface area contributed by atoms with E-state index in [1.807, 2.05) is 13.0 Å². The van der Waals surface area contributed by atoms with E-state index >= 15 is 0 Å². The number of aliphatic hydroxyl groups excluding tert-OH is 2. The van der Waals surface area contributed by atoms with Crippen molar-refractivity contribution in [3.8, 4) is 11.8 Å². The molecule has 0 aromatic carbocycles. The highest BCUT2D eigenvalue weighted by molar-refractivity contribution is 5.88. The van der Waals surface area contributed by atoms with Crippen molar-refractivity contribution in [2.24, 2.45) is 11.3 Å². The predicted molar refractivity (Wildman–Crippen MR) is 115 cm³/mol. The van der Waals surface area contributed by atoms with E-state index in [-0.39, 0.29) is 17.6 Å². The summed E-state index contributed by atoms with van der Waals surface area (Å²) in [6.07, 6.45) is 0.551. The normalized spacial score (nSPS) is 28.2. The van der Waals surface area contributed by atoms with Gasteiger partial charge in [0.1, 0.15) is 11.9 Å². The number of nitrogens with zero attached hydrogens (tertiary/aromatic N) is 4. The van der Waals surface area contributed by atoms with Crippen molar-refractivity contribution in [2.45, 2.75) is 38.0 Å². The van der Waals surface area contributed by atoms with Crippen LogP contribution in [-0.2, 0) is 11.2 Å². The summed E-state index contributed by atoms with van der Waals surface area (Å²) >= 11 is 0. The molecule has 5 rings (SSSR count). The Morgan fingerprint density at radius 3 is 2.81 bits per heavy atom. The van der Waals surface area contributed by atoms with Gasteiger partial charge in [-0.1, -0.05) is 6.92 Å². The van der Waals surface area contributed by atoms with E-state index in [0.717, 1.165) is 12.2 Å². The fraction of sp³-hybridized carbons (Fsp3) is 0.455. The molecule has 3 aromatic heterocycles. The molecule has 2 aliphatic carbocycles. The van der Waals surface area contributed by atoms with Crippen molar-refractivity contribution in [2.75, 3.05) is 19.4 Å². The molecule has 0 radical (unpaired) electrons. The number of anilines is 1. The monoisotopic (exact) mass is 436 g/mol. The van der Waals surface area contributed by atoms with Crippen LogP contribution in [0.25, 0.3) is 11.2 Å². The maximum Gasteiger partial charge on any atom is 0.229 e.